The molecule has 1 aliphatic heterocycles. The molecule has 7 heteroatoms. The monoisotopic (exact) mass is 370 g/mol. The van der Waals surface area contributed by atoms with Gasteiger partial charge in [-0.05, 0) is 37.1 Å². The first-order chi connectivity index (χ1) is 11.2. The van der Waals surface area contributed by atoms with Gasteiger partial charge >= 0.3 is 0 Å². The molecule has 126 valence electrons. The zero-order valence-corrected chi connectivity index (χ0v) is 15.4. The maximum absolute atomic E-state index is 5.24. The fourth-order valence-corrected chi connectivity index (χ4v) is 3.07. The lowest BCUT2D eigenvalue weighted by atomic mass is 10.2. The first kappa shape index (κ1) is 20.1. The van der Waals surface area contributed by atoms with E-state index in [-0.39, 0.29) is 0 Å². The van der Waals surface area contributed by atoms with Crippen LogP contribution in [0, 0.1) is 0 Å². The zero-order valence-electron chi connectivity index (χ0n) is 13.0. The summed E-state index contributed by atoms with van der Waals surface area (Å²) in [7, 11) is -2.00. The van der Waals surface area contributed by atoms with Gasteiger partial charge in [-0.1, -0.05) is 25.0 Å². The Morgan fingerprint density at radius 1 is 0.609 bits per heavy atom. The van der Waals surface area contributed by atoms with E-state index < -0.39 is 7.71 Å². The van der Waals surface area contributed by atoms with Crippen LogP contribution in [0.4, 0.5) is 0 Å². The Morgan fingerprint density at radius 3 is 1.26 bits per heavy atom. The van der Waals surface area contributed by atoms with E-state index in [4.69, 9.17) is 30.7 Å². The Labute approximate surface area is 148 Å². The van der Waals surface area contributed by atoms with Gasteiger partial charge in [-0.3, -0.25) is 18.3 Å². The molecule has 1 saturated heterocycles. The molecule has 2 aromatic rings. The van der Waals surface area contributed by atoms with Gasteiger partial charge in [0.1, 0.15) is 7.71 Å². The van der Waals surface area contributed by atoms with Gasteiger partial charge in [-0.2, -0.15) is 0 Å². The minimum absolute atomic E-state index is 0.669. The van der Waals surface area contributed by atoms with Crippen molar-refractivity contribution in [1.82, 2.24) is 9.97 Å². The summed E-state index contributed by atoms with van der Waals surface area (Å²) in [5.41, 5.74) is 0. The quantitative estimate of drug-likeness (QED) is 0.705. The highest BCUT2D eigenvalue weighted by Gasteiger charge is 2.05. The van der Waals surface area contributed by atoms with Crippen LogP contribution >= 0.6 is 0 Å². The van der Waals surface area contributed by atoms with E-state index in [1.807, 2.05) is 36.4 Å². The van der Waals surface area contributed by atoms with Crippen molar-refractivity contribution in [3.05, 3.63) is 61.2 Å². The van der Waals surface area contributed by atoms with Gasteiger partial charge < -0.3 is 0 Å². The van der Waals surface area contributed by atoms with Crippen LogP contribution < -0.4 is 0 Å². The molecule has 0 aromatic carbocycles. The summed E-state index contributed by atoms with van der Waals surface area (Å²) in [6.07, 6.45) is 11.5. The number of aromatic nitrogens is 2. The molecule has 0 unspecified atom stereocenters. The summed E-state index contributed by atoms with van der Waals surface area (Å²) in [6.45, 7) is 1.34. The highest BCUT2D eigenvalue weighted by molar-refractivity contribution is 8.51. The molecule has 0 atom stereocenters. The van der Waals surface area contributed by atoms with Crippen molar-refractivity contribution < 1.29 is 8.37 Å². The molecular formula is C16H22N2O2S3. The molecule has 3 heterocycles. The molecule has 0 radical (unpaired) electrons. The predicted octanol–water partition coefficient (Wildman–Crippen LogP) is 3.66. The minimum atomic E-state index is -2.00. The normalized spacial score (nSPS) is 16.9. The van der Waals surface area contributed by atoms with Crippen LogP contribution in [0.2, 0.25) is 0 Å². The number of hydrogen-bond donors (Lipinski definition) is 0. The first-order valence-corrected chi connectivity index (χ1v) is 10.8. The number of nitrogens with zero attached hydrogens (tertiary/aromatic N) is 2. The van der Waals surface area contributed by atoms with Crippen LogP contribution in [-0.4, -0.2) is 23.2 Å². The number of pyridine rings is 2. The molecule has 0 spiro atoms. The second-order valence-electron chi connectivity index (χ2n) is 4.52. The van der Waals surface area contributed by atoms with Gasteiger partial charge in [-0.25, -0.2) is 0 Å². The molecule has 0 saturated carbocycles. The topological polar surface area (TPSA) is 44.2 Å². The fourth-order valence-electron chi connectivity index (χ4n) is 1.54. The van der Waals surface area contributed by atoms with Crippen molar-refractivity contribution in [2.24, 2.45) is 0 Å². The molecule has 4 nitrogen and oxygen atoms in total. The molecule has 0 amide bonds. The molecule has 0 N–H and O–H groups in total. The largest absolute Gasteiger partial charge is 0.290 e. The lowest BCUT2D eigenvalue weighted by Gasteiger charge is -2.08. The average molecular weight is 371 g/mol. The van der Waals surface area contributed by atoms with Crippen LogP contribution in [0.3, 0.4) is 0 Å². The van der Waals surface area contributed by atoms with Crippen molar-refractivity contribution in [2.75, 3.05) is 13.2 Å². The lowest BCUT2D eigenvalue weighted by Crippen LogP contribution is -2.07. The Bertz CT molecular complexity index is 480. The van der Waals surface area contributed by atoms with E-state index in [1.54, 1.807) is 24.8 Å². The third-order valence-electron chi connectivity index (χ3n) is 2.63. The molecule has 0 aliphatic carbocycles. The van der Waals surface area contributed by atoms with Crippen molar-refractivity contribution in [3.8, 4) is 0 Å². The van der Waals surface area contributed by atoms with Crippen molar-refractivity contribution >= 4 is 30.1 Å². The van der Waals surface area contributed by atoms with Crippen molar-refractivity contribution in [3.63, 3.8) is 0 Å². The Hall–Kier alpha value is -0.990. The first-order valence-electron chi connectivity index (χ1n) is 7.44. The van der Waals surface area contributed by atoms with E-state index in [0.29, 0.717) is 13.2 Å². The average Bonchev–Trinajstić information content (AvgIpc) is 2.71. The third kappa shape index (κ3) is 13.2. The number of rotatable bonds is 0. The van der Waals surface area contributed by atoms with E-state index in [9.17, 15) is 0 Å². The van der Waals surface area contributed by atoms with E-state index in [2.05, 4.69) is 9.97 Å². The van der Waals surface area contributed by atoms with Gasteiger partial charge in [0.05, 0.1) is 13.2 Å². The van der Waals surface area contributed by atoms with E-state index in [1.165, 1.54) is 12.8 Å². The van der Waals surface area contributed by atoms with Crippen LogP contribution in [0.1, 0.15) is 25.7 Å². The highest BCUT2D eigenvalue weighted by Crippen LogP contribution is 2.08. The summed E-state index contributed by atoms with van der Waals surface area (Å²) in [4.78, 5) is 7.57. The van der Waals surface area contributed by atoms with Crippen LogP contribution in [0.5, 0.6) is 0 Å². The van der Waals surface area contributed by atoms with E-state index >= 15 is 0 Å². The molecule has 0 bridgehead atoms. The Kier molecular flexibility index (Phi) is 11.7. The smallest absolute Gasteiger partial charge is 0.137 e. The fraction of sp³-hybridized carbons (Fsp3) is 0.375. The second-order valence-corrected chi connectivity index (χ2v) is 9.07. The summed E-state index contributed by atoms with van der Waals surface area (Å²) in [5, 5.41) is 0. The Morgan fingerprint density at radius 2 is 1.00 bits per heavy atom. The van der Waals surface area contributed by atoms with Crippen LogP contribution in [0.25, 0.3) is 0 Å². The zero-order chi connectivity index (χ0) is 16.6. The predicted molar refractivity (Wildman–Crippen MR) is 101 cm³/mol. The summed E-state index contributed by atoms with van der Waals surface area (Å²) in [6, 6.07) is 11.4. The van der Waals surface area contributed by atoms with Gasteiger partial charge in [0, 0.05) is 47.2 Å². The standard InChI is InChI=1S/C6H12O2S3.2C5H5N/c9-11(10)7-5-3-1-2-4-6-8-11;2*1-2-4-6-5-3-1/h1-6H2;2*1-5H. The Balaban J connectivity index is 0.000000187. The lowest BCUT2D eigenvalue weighted by molar-refractivity contribution is 0.284. The molecule has 1 fully saturated rings. The van der Waals surface area contributed by atoms with Gasteiger partial charge in [-0.15, -0.1) is 0 Å². The summed E-state index contributed by atoms with van der Waals surface area (Å²) < 4.78 is 10.5. The van der Waals surface area contributed by atoms with Gasteiger partial charge in [0.15, 0.2) is 0 Å². The van der Waals surface area contributed by atoms with Crippen molar-refractivity contribution in [2.45, 2.75) is 25.7 Å². The highest BCUT2D eigenvalue weighted by atomic mass is 33.1. The molecule has 1 aliphatic rings. The molecule has 23 heavy (non-hydrogen) atoms. The van der Waals surface area contributed by atoms with Gasteiger partial charge in [0.25, 0.3) is 0 Å². The van der Waals surface area contributed by atoms with Crippen molar-refractivity contribution in [1.29, 1.82) is 0 Å². The van der Waals surface area contributed by atoms with Crippen LogP contribution in [-0.2, 0) is 38.5 Å². The van der Waals surface area contributed by atoms with Gasteiger partial charge in [0.2, 0.25) is 0 Å². The maximum Gasteiger partial charge on any atom is 0.137 e. The molecule has 2 aromatic heterocycles. The summed E-state index contributed by atoms with van der Waals surface area (Å²) in [5.74, 6) is 0. The maximum atomic E-state index is 5.24. The third-order valence-corrected chi connectivity index (χ3v) is 4.69. The van der Waals surface area contributed by atoms with Crippen LogP contribution in [0.15, 0.2) is 61.2 Å². The minimum Gasteiger partial charge on any atom is -0.290 e. The SMILES string of the molecule is S=S1(=S)OCCCCCCO1.c1ccncc1.c1ccncc1. The van der Waals surface area contributed by atoms with E-state index in [0.717, 1.165) is 12.8 Å². The number of hydrogen-bond acceptors (Lipinski definition) is 6. The second kappa shape index (κ2) is 13.4. The molecule has 3 rings (SSSR count). The molecular weight excluding hydrogens is 348 g/mol. The summed E-state index contributed by atoms with van der Waals surface area (Å²) >= 11 is 9.91.